The van der Waals surface area contributed by atoms with E-state index in [0.29, 0.717) is 6.54 Å². The summed E-state index contributed by atoms with van der Waals surface area (Å²) in [5.74, 6) is -0.244. The first kappa shape index (κ1) is 16.5. The van der Waals surface area contributed by atoms with E-state index in [0.717, 1.165) is 24.3 Å². The van der Waals surface area contributed by atoms with Crippen LogP contribution < -0.4 is 4.74 Å². The van der Waals surface area contributed by atoms with Gasteiger partial charge in [-0.2, -0.15) is 0 Å². The third-order valence-corrected chi connectivity index (χ3v) is 3.48. The first-order valence-corrected chi connectivity index (χ1v) is 7.11. The van der Waals surface area contributed by atoms with Crippen LogP contribution in [-0.4, -0.2) is 36.2 Å². The molecule has 112 valence electrons. The van der Waals surface area contributed by atoms with E-state index >= 15 is 0 Å². The van der Waals surface area contributed by atoms with Crippen molar-refractivity contribution in [2.45, 2.75) is 33.2 Å². The highest BCUT2D eigenvalue weighted by Gasteiger charge is 2.18. The molecule has 0 aliphatic rings. The molecular formula is C16H25NO3. The Kier molecular flexibility index (Phi) is 6.52. The van der Waals surface area contributed by atoms with Crippen LogP contribution in [-0.2, 0) is 4.79 Å². The number of carboxylic acids is 1. The Morgan fingerprint density at radius 2 is 1.90 bits per heavy atom. The fraction of sp³-hybridized carbons (Fsp3) is 0.562. The molecule has 0 radical (unpaired) electrons. The minimum absolute atomic E-state index is 0.178. The number of nitrogens with zero attached hydrogens (tertiary/aromatic N) is 1. The maximum atomic E-state index is 10.9. The summed E-state index contributed by atoms with van der Waals surface area (Å²) in [5, 5.41) is 8.96. The first-order chi connectivity index (χ1) is 9.45. The molecule has 20 heavy (non-hydrogen) atoms. The van der Waals surface area contributed by atoms with Crippen LogP contribution in [0.3, 0.4) is 0 Å². The number of hydrogen-bond acceptors (Lipinski definition) is 3. The molecular weight excluding hydrogens is 254 g/mol. The molecule has 0 spiro atoms. The Hall–Kier alpha value is -1.55. The van der Waals surface area contributed by atoms with Crippen molar-refractivity contribution in [1.82, 2.24) is 4.90 Å². The Balaban J connectivity index is 2.62. The summed E-state index contributed by atoms with van der Waals surface area (Å²) in [6, 6.07) is 8.19. The van der Waals surface area contributed by atoms with E-state index in [1.54, 1.807) is 6.92 Å². The Morgan fingerprint density at radius 3 is 2.40 bits per heavy atom. The summed E-state index contributed by atoms with van der Waals surface area (Å²) in [6.07, 6.45) is 0.994. The molecule has 1 rings (SSSR count). The predicted molar refractivity (Wildman–Crippen MR) is 80.1 cm³/mol. The Labute approximate surface area is 121 Å². The van der Waals surface area contributed by atoms with E-state index in [1.165, 1.54) is 0 Å². The SMILES string of the molecule is CCCOc1ccc(C(C)N(C)CC(C)C(=O)O)cc1. The molecule has 2 unspecified atom stereocenters. The quantitative estimate of drug-likeness (QED) is 0.794. The fourth-order valence-corrected chi connectivity index (χ4v) is 1.99. The fourth-order valence-electron chi connectivity index (χ4n) is 1.99. The van der Waals surface area contributed by atoms with Gasteiger partial charge in [0.1, 0.15) is 5.75 Å². The van der Waals surface area contributed by atoms with Crippen LogP contribution >= 0.6 is 0 Å². The molecule has 0 fully saturated rings. The Bertz CT molecular complexity index is 416. The number of hydrogen-bond donors (Lipinski definition) is 1. The topological polar surface area (TPSA) is 49.8 Å². The van der Waals surface area contributed by atoms with Gasteiger partial charge in [-0.25, -0.2) is 0 Å². The summed E-state index contributed by atoms with van der Waals surface area (Å²) in [5.41, 5.74) is 1.16. The van der Waals surface area contributed by atoms with Crippen molar-refractivity contribution in [2.24, 2.45) is 5.92 Å². The Morgan fingerprint density at radius 1 is 1.30 bits per heavy atom. The highest BCUT2D eigenvalue weighted by atomic mass is 16.5. The first-order valence-electron chi connectivity index (χ1n) is 7.11. The van der Waals surface area contributed by atoms with Gasteiger partial charge in [0.05, 0.1) is 12.5 Å². The lowest BCUT2D eigenvalue weighted by Gasteiger charge is -2.26. The monoisotopic (exact) mass is 279 g/mol. The maximum Gasteiger partial charge on any atom is 0.307 e. The molecule has 1 aromatic carbocycles. The zero-order valence-corrected chi connectivity index (χ0v) is 12.8. The normalized spacial score (nSPS) is 14.1. The lowest BCUT2D eigenvalue weighted by atomic mass is 10.1. The maximum absolute atomic E-state index is 10.9. The molecule has 0 saturated carbocycles. The molecule has 4 nitrogen and oxygen atoms in total. The molecule has 4 heteroatoms. The number of carboxylic acid groups (broad SMARTS) is 1. The summed E-state index contributed by atoms with van der Waals surface area (Å²) in [4.78, 5) is 13.0. The molecule has 2 atom stereocenters. The summed E-state index contributed by atoms with van der Waals surface area (Å²) in [6.45, 7) is 7.15. The highest BCUT2D eigenvalue weighted by molar-refractivity contribution is 5.69. The lowest BCUT2D eigenvalue weighted by Crippen LogP contribution is -2.30. The van der Waals surface area contributed by atoms with Crippen LogP contribution in [0.15, 0.2) is 24.3 Å². The van der Waals surface area contributed by atoms with Gasteiger partial charge in [0.2, 0.25) is 0 Å². The average Bonchev–Trinajstić information content (AvgIpc) is 2.44. The standard InChI is InChI=1S/C16H25NO3/c1-5-10-20-15-8-6-14(7-9-15)13(3)17(4)11-12(2)16(18)19/h6-9,12-13H,5,10-11H2,1-4H3,(H,18,19). The van der Waals surface area contributed by atoms with Crippen molar-refractivity contribution in [3.05, 3.63) is 29.8 Å². The van der Waals surface area contributed by atoms with Gasteiger partial charge in [0.25, 0.3) is 0 Å². The number of carbonyl (C=O) groups is 1. The third-order valence-electron chi connectivity index (χ3n) is 3.48. The van der Waals surface area contributed by atoms with Crippen LogP contribution in [0.1, 0.15) is 38.8 Å². The van der Waals surface area contributed by atoms with Gasteiger partial charge in [-0.05, 0) is 38.1 Å². The van der Waals surface area contributed by atoms with Crippen LogP contribution in [0.5, 0.6) is 5.75 Å². The predicted octanol–water partition coefficient (Wildman–Crippen LogP) is 3.19. The molecule has 0 aliphatic carbocycles. The second-order valence-electron chi connectivity index (χ2n) is 5.27. The molecule has 1 aromatic rings. The number of ether oxygens (including phenoxy) is 1. The minimum atomic E-state index is -0.757. The highest BCUT2D eigenvalue weighted by Crippen LogP contribution is 2.22. The van der Waals surface area contributed by atoms with Gasteiger partial charge in [-0.1, -0.05) is 26.0 Å². The molecule has 1 N–H and O–H groups in total. The lowest BCUT2D eigenvalue weighted by molar-refractivity contribution is -0.141. The van der Waals surface area contributed by atoms with Gasteiger partial charge in [0, 0.05) is 12.6 Å². The summed E-state index contributed by atoms with van der Waals surface area (Å²) < 4.78 is 5.56. The second kappa shape index (κ2) is 7.90. The second-order valence-corrected chi connectivity index (χ2v) is 5.27. The molecule has 0 aliphatic heterocycles. The average molecular weight is 279 g/mol. The number of aliphatic carboxylic acids is 1. The van der Waals surface area contributed by atoms with Gasteiger partial charge in [-0.3, -0.25) is 9.69 Å². The van der Waals surface area contributed by atoms with Crippen LogP contribution in [0.2, 0.25) is 0 Å². The third kappa shape index (κ3) is 4.85. The van der Waals surface area contributed by atoms with Crippen LogP contribution in [0.4, 0.5) is 0 Å². The smallest absolute Gasteiger partial charge is 0.307 e. The number of rotatable bonds is 8. The van der Waals surface area contributed by atoms with E-state index < -0.39 is 5.97 Å². The zero-order chi connectivity index (χ0) is 15.1. The van der Waals surface area contributed by atoms with Crippen molar-refractivity contribution in [3.8, 4) is 5.75 Å². The van der Waals surface area contributed by atoms with E-state index in [-0.39, 0.29) is 12.0 Å². The van der Waals surface area contributed by atoms with Crippen molar-refractivity contribution < 1.29 is 14.6 Å². The van der Waals surface area contributed by atoms with E-state index in [9.17, 15) is 4.79 Å². The van der Waals surface area contributed by atoms with Crippen molar-refractivity contribution >= 4 is 5.97 Å². The summed E-state index contributed by atoms with van der Waals surface area (Å²) in [7, 11) is 1.95. The van der Waals surface area contributed by atoms with Crippen LogP contribution in [0.25, 0.3) is 0 Å². The zero-order valence-electron chi connectivity index (χ0n) is 12.8. The molecule has 0 bridgehead atoms. The van der Waals surface area contributed by atoms with E-state index in [1.807, 2.05) is 31.3 Å². The minimum Gasteiger partial charge on any atom is -0.494 e. The van der Waals surface area contributed by atoms with Gasteiger partial charge in [0.15, 0.2) is 0 Å². The summed E-state index contributed by atoms with van der Waals surface area (Å²) >= 11 is 0. The molecule has 0 aromatic heterocycles. The molecule has 0 amide bonds. The largest absolute Gasteiger partial charge is 0.494 e. The van der Waals surface area contributed by atoms with Crippen molar-refractivity contribution in [1.29, 1.82) is 0 Å². The van der Waals surface area contributed by atoms with Gasteiger partial charge in [-0.15, -0.1) is 0 Å². The molecule has 0 saturated heterocycles. The molecule has 0 heterocycles. The van der Waals surface area contributed by atoms with Gasteiger partial charge < -0.3 is 9.84 Å². The van der Waals surface area contributed by atoms with E-state index in [4.69, 9.17) is 9.84 Å². The van der Waals surface area contributed by atoms with E-state index in [2.05, 4.69) is 18.7 Å². The van der Waals surface area contributed by atoms with Gasteiger partial charge >= 0.3 is 5.97 Å². The van der Waals surface area contributed by atoms with Crippen LogP contribution in [0, 0.1) is 5.92 Å². The van der Waals surface area contributed by atoms with Crippen molar-refractivity contribution in [2.75, 3.05) is 20.2 Å². The van der Waals surface area contributed by atoms with Crippen molar-refractivity contribution in [3.63, 3.8) is 0 Å². The number of benzene rings is 1.